The van der Waals surface area contributed by atoms with E-state index in [4.69, 9.17) is 5.73 Å². The quantitative estimate of drug-likeness (QED) is 0.768. The van der Waals surface area contributed by atoms with E-state index in [1.165, 1.54) is 6.07 Å². The Morgan fingerprint density at radius 2 is 2.10 bits per heavy atom. The summed E-state index contributed by atoms with van der Waals surface area (Å²) in [6.07, 6.45) is 2.01. The molecule has 108 valence electrons. The maximum atomic E-state index is 12.1. The van der Waals surface area contributed by atoms with Crippen LogP contribution in [0.4, 0.5) is 5.69 Å². The minimum absolute atomic E-state index is 0.170. The number of anilines is 1. The Labute approximate surface area is 117 Å². The summed E-state index contributed by atoms with van der Waals surface area (Å²) < 4.78 is 28.3. The van der Waals surface area contributed by atoms with E-state index in [9.17, 15) is 8.42 Å². The van der Waals surface area contributed by atoms with Crippen molar-refractivity contribution >= 4 is 15.7 Å². The standard InChI is InChI=1S/C12H17N5O2S/c1-9-5-10(13)7-11(6-9)20(18,19)15-4-3-12-14-8-17(2)16-12/h5-8,15H,3-4,13H2,1-2H3. The lowest BCUT2D eigenvalue weighted by molar-refractivity contribution is 0.580. The van der Waals surface area contributed by atoms with E-state index < -0.39 is 10.0 Å². The number of aromatic nitrogens is 3. The van der Waals surface area contributed by atoms with Gasteiger partial charge < -0.3 is 5.73 Å². The third-order valence-electron chi connectivity index (χ3n) is 2.67. The summed E-state index contributed by atoms with van der Waals surface area (Å²) in [5, 5.41) is 4.08. The number of nitrogens with two attached hydrogens (primary N) is 1. The van der Waals surface area contributed by atoms with Crippen molar-refractivity contribution in [3.8, 4) is 0 Å². The van der Waals surface area contributed by atoms with Gasteiger partial charge in [0, 0.05) is 25.7 Å². The SMILES string of the molecule is Cc1cc(N)cc(S(=O)(=O)NCCc2ncn(C)n2)c1. The minimum Gasteiger partial charge on any atom is -0.399 e. The van der Waals surface area contributed by atoms with Gasteiger partial charge in [0.25, 0.3) is 0 Å². The van der Waals surface area contributed by atoms with E-state index in [2.05, 4.69) is 14.8 Å². The average Bonchev–Trinajstić information content (AvgIpc) is 2.73. The topological polar surface area (TPSA) is 103 Å². The first-order valence-electron chi connectivity index (χ1n) is 6.08. The van der Waals surface area contributed by atoms with Crippen molar-refractivity contribution in [3.05, 3.63) is 35.9 Å². The highest BCUT2D eigenvalue weighted by Gasteiger charge is 2.14. The van der Waals surface area contributed by atoms with Crippen LogP contribution in [0.15, 0.2) is 29.4 Å². The molecule has 1 aromatic carbocycles. The first-order valence-corrected chi connectivity index (χ1v) is 7.56. The molecule has 2 aromatic rings. The number of nitrogens with one attached hydrogen (secondary N) is 1. The molecule has 1 aromatic heterocycles. The van der Waals surface area contributed by atoms with Gasteiger partial charge in [-0.05, 0) is 30.7 Å². The molecule has 0 fully saturated rings. The van der Waals surface area contributed by atoms with E-state index in [1.54, 1.807) is 37.1 Å². The maximum absolute atomic E-state index is 12.1. The summed E-state index contributed by atoms with van der Waals surface area (Å²) >= 11 is 0. The highest BCUT2D eigenvalue weighted by atomic mass is 32.2. The number of hydrogen-bond acceptors (Lipinski definition) is 5. The molecule has 0 spiro atoms. The molecule has 0 saturated heterocycles. The fourth-order valence-electron chi connectivity index (χ4n) is 1.81. The van der Waals surface area contributed by atoms with Crippen molar-refractivity contribution in [2.45, 2.75) is 18.2 Å². The Morgan fingerprint density at radius 3 is 2.70 bits per heavy atom. The van der Waals surface area contributed by atoms with Crippen molar-refractivity contribution in [2.75, 3.05) is 12.3 Å². The number of sulfonamides is 1. The van der Waals surface area contributed by atoms with Crippen LogP contribution < -0.4 is 10.5 Å². The normalized spacial score (nSPS) is 11.7. The Bertz CT molecular complexity index is 688. The van der Waals surface area contributed by atoms with Crippen LogP contribution in [-0.2, 0) is 23.5 Å². The van der Waals surface area contributed by atoms with Crippen LogP contribution in [0.5, 0.6) is 0 Å². The van der Waals surface area contributed by atoms with Crippen LogP contribution in [0.3, 0.4) is 0 Å². The lowest BCUT2D eigenvalue weighted by Crippen LogP contribution is -2.26. The molecule has 0 aliphatic heterocycles. The molecule has 0 atom stereocenters. The van der Waals surface area contributed by atoms with Gasteiger partial charge in [-0.1, -0.05) is 0 Å². The van der Waals surface area contributed by atoms with Gasteiger partial charge in [0.05, 0.1) is 4.90 Å². The Kier molecular flexibility index (Phi) is 4.05. The van der Waals surface area contributed by atoms with Crippen LogP contribution in [0.1, 0.15) is 11.4 Å². The molecule has 0 bridgehead atoms. The van der Waals surface area contributed by atoms with Gasteiger partial charge in [0.1, 0.15) is 6.33 Å². The van der Waals surface area contributed by atoms with Crippen LogP contribution in [0, 0.1) is 6.92 Å². The second-order valence-electron chi connectivity index (χ2n) is 4.56. The molecule has 7 nitrogen and oxygen atoms in total. The fraction of sp³-hybridized carbons (Fsp3) is 0.333. The number of aryl methyl sites for hydroxylation is 2. The Balaban J connectivity index is 2.03. The summed E-state index contributed by atoms with van der Waals surface area (Å²) in [6.45, 7) is 2.04. The van der Waals surface area contributed by atoms with Gasteiger partial charge in [-0.25, -0.2) is 18.1 Å². The van der Waals surface area contributed by atoms with E-state index in [-0.39, 0.29) is 11.4 Å². The minimum atomic E-state index is -3.56. The zero-order valence-electron chi connectivity index (χ0n) is 11.4. The highest BCUT2D eigenvalue weighted by molar-refractivity contribution is 7.89. The van der Waals surface area contributed by atoms with Gasteiger partial charge in [-0.2, -0.15) is 5.10 Å². The molecule has 0 saturated carbocycles. The molecular weight excluding hydrogens is 278 g/mol. The third kappa shape index (κ3) is 3.55. The number of rotatable bonds is 5. The van der Waals surface area contributed by atoms with Crippen molar-refractivity contribution in [1.82, 2.24) is 19.5 Å². The largest absolute Gasteiger partial charge is 0.399 e. The molecule has 3 N–H and O–H groups in total. The van der Waals surface area contributed by atoms with Crippen LogP contribution in [0.2, 0.25) is 0 Å². The molecule has 0 aliphatic rings. The zero-order chi connectivity index (χ0) is 14.8. The average molecular weight is 295 g/mol. The lowest BCUT2D eigenvalue weighted by Gasteiger charge is -2.07. The van der Waals surface area contributed by atoms with Gasteiger partial charge in [0.15, 0.2) is 5.82 Å². The van der Waals surface area contributed by atoms with Crippen molar-refractivity contribution in [1.29, 1.82) is 0 Å². The van der Waals surface area contributed by atoms with Gasteiger partial charge >= 0.3 is 0 Å². The third-order valence-corrected chi connectivity index (χ3v) is 4.11. The summed E-state index contributed by atoms with van der Waals surface area (Å²) in [7, 11) is -1.80. The molecule has 8 heteroatoms. The van der Waals surface area contributed by atoms with E-state index in [0.29, 0.717) is 17.9 Å². The first-order chi connectivity index (χ1) is 9.37. The van der Waals surface area contributed by atoms with E-state index >= 15 is 0 Å². The van der Waals surface area contributed by atoms with Gasteiger partial charge in [-0.3, -0.25) is 4.68 Å². The van der Waals surface area contributed by atoms with Gasteiger partial charge in [-0.15, -0.1) is 0 Å². The first kappa shape index (κ1) is 14.5. The Morgan fingerprint density at radius 1 is 1.35 bits per heavy atom. The summed E-state index contributed by atoms with van der Waals surface area (Å²) in [5.74, 6) is 0.596. The van der Waals surface area contributed by atoms with Crippen LogP contribution in [0.25, 0.3) is 0 Å². The van der Waals surface area contributed by atoms with E-state index in [1.807, 2.05) is 0 Å². The lowest BCUT2D eigenvalue weighted by atomic mass is 10.2. The molecule has 0 aliphatic carbocycles. The van der Waals surface area contributed by atoms with Gasteiger partial charge in [0.2, 0.25) is 10.0 Å². The Hall–Kier alpha value is -1.93. The predicted octanol–water partition coefficient (Wildman–Crippen LogP) is 0.227. The molecule has 0 radical (unpaired) electrons. The monoisotopic (exact) mass is 295 g/mol. The maximum Gasteiger partial charge on any atom is 0.240 e. The predicted molar refractivity (Wildman–Crippen MR) is 75.5 cm³/mol. The number of benzene rings is 1. The summed E-state index contributed by atoms with van der Waals surface area (Å²) in [4.78, 5) is 4.20. The van der Waals surface area contributed by atoms with Crippen LogP contribution >= 0.6 is 0 Å². The van der Waals surface area contributed by atoms with Crippen molar-refractivity contribution in [3.63, 3.8) is 0 Å². The van der Waals surface area contributed by atoms with E-state index in [0.717, 1.165) is 5.56 Å². The molecule has 0 amide bonds. The fourth-order valence-corrected chi connectivity index (χ4v) is 2.98. The molecule has 2 rings (SSSR count). The number of hydrogen-bond donors (Lipinski definition) is 2. The molecule has 1 heterocycles. The second-order valence-corrected chi connectivity index (χ2v) is 6.33. The molecular formula is C12H17N5O2S. The van der Waals surface area contributed by atoms with Crippen molar-refractivity contribution < 1.29 is 8.42 Å². The summed E-state index contributed by atoms with van der Waals surface area (Å²) in [6, 6.07) is 4.74. The molecule has 0 unspecified atom stereocenters. The second kappa shape index (κ2) is 5.59. The van der Waals surface area contributed by atoms with Crippen LogP contribution in [-0.4, -0.2) is 29.7 Å². The smallest absolute Gasteiger partial charge is 0.240 e. The summed E-state index contributed by atoms with van der Waals surface area (Å²) in [5.41, 5.74) is 6.89. The van der Waals surface area contributed by atoms with Crippen molar-refractivity contribution in [2.24, 2.45) is 7.05 Å². The highest BCUT2D eigenvalue weighted by Crippen LogP contribution is 2.15. The molecule has 20 heavy (non-hydrogen) atoms. The number of nitrogen functional groups attached to an aromatic ring is 1. The number of nitrogens with zero attached hydrogens (tertiary/aromatic N) is 3. The zero-order valence-corrected chi connectivity index (χ0v) is 12.2.